The third-order valence-electron chi connectivity index (χ3n) is 16.6. The van der Waals surface area contributed by atoms with Crippen molar-refractivity contribution in [1.82, 2.24) is 9.97 Å². The molecule has 2 nitrogen and oxygen atoms in total. The SMILES string of the molecule is Cc1ccc(C2(c3ccc(C)cc3)c3ccccc3-c3ccc(-c4ccc(-c5ccc6c(c5)C(c5ccc(C)cc5)(c5ccc(C)cc5)c5ccccc5-6)c5nc(-c6ccccc6)c(-c6ccccc6)nc45)cc32)cc1. The number of nitrogens with zero attached hydrogens (tertiary/aromatic N) is 2. The number of aromatic nitrogens is 2. The first-order valence-electron chi connectivity index (χ1n) is 26.5. The average molecular weight is 971 g/mol. The van der Waals surface area contributed by atoms with Crippen LogP contribution >= 0.6 is 0 Å². The first kappa shape index (κ1) is 45.4. The standard InChI is InChI=1S/C74H54N2/c1-47-23-33-55(34-24-47)73(56-35-25-48(2)26-36-56)65-21-13-11-19-61(65)63-41-31-53(45-67(63)73)59-43-44-60(72-71(59)75-69(51-15-7-5-8-16-51)70(76-72)52-17-9-6-10-18-52)54-32-42-64-62-20-12-14-22-66(62)74(68(64)46-54,57-37-27-49(3)28-38-57)58-39-29-50(4)30-40-58/h5-46H,1-4H3. The van der Waals surface area contributed by atoms with Crippen LogP contribution in [-0.4, -0.2) is 9.97 Å². The summed E-state index contributed by atoms with van der Waals surface area (Å²) in [5.74, 6) is 0. The van der Waals surface area contributed by atoms with Gasteiger partial charge in [-0.15, -0.1) is 0 Å². The molecule has 1 aromatic heterocycles. The molecule has 0 unspecified atom stereocenters. The predicted octanol–water partition coefficient (Wildman–Crippen LogP) is 18.3. The second kappa shape index (κ2) is 17.7. The highest BCUT2D eigenvalue weighted by Gasteiger charge is 2.48. The Hall–Kier alpha value is -9.24. The van der Waals surface area contributed by atoms with Gasteiger partial charge < -0.3 is 0 Å². The average Bonchev–Trinajstić information content (AvgIpc) is 3.99. The zero-order valence-electron chi connectivity index (χ0n) is 43.1. The van der Waals surface area contributed by atoms with E-state index in [0.29, 0.717) is 0 Å². The molecule has 0 N–H and O–H groups in total. The molecule has 0 spiro atoms. The summed E-state index contributed by atoms with van der Waals surface area (Å²) < 4.78 is 0. The Morgan fingerprint density at radius 3 is 0.868 bits per heavy atom. The van der Waals surface area contributed by atoms with Crippen LogP contribution in [0.1, 0.15) is 66.8 Å². The summed E-state index contributed by atoms with van der Waals surface area (Å²) in [6, 6.07) is 94.8. The molecule has 0 aliphatic heterocycles. The van der Waals surface area contributed by atoms with Crippen molar-refractivity contribution in [3.63, 3.8) is 0 Å². The van der Waals surface area contributed by atoms with E-state index < -0.39 is 10.8 Å². The van der Waals surface area contributed by atoms with Gasteiger partial charge in [0.1, 0.15) is 0 Å². The summed E-state index contributed by atoms with van der Waals surface area (Å²) >= 11 is 0. The largest absolute Gasteiger partial charge is 0.243 e. The fourth-order valence-corrected chi connectivity index (χ4v) is 12.9. The van der Waals surface area contributed by atoms with E-state index >= 15 is 0 Å². The second-order valence-electron chi connectivity index (χ2n) is 21.1. The minimum Gasteiger partial charge on any atom is -0.243 e. The molecule has 2 heteroatoms. The van der Waals surface area contributed by atoms with Crippen molar-refractivity contribution < 1.29 is 0 Å². The van der Waals surface area contributed by atoms with E-state index in [1.54, 1.807) is 0 Å². The van der Waals surface area contributed by atoms with Crippen molar-refractivity contribution >= 4 is 11.0 Å². The van der Waals surface area contributed by atoms with Gasteiger partial charge in [-0.1, -0.05) is 265 Å². The lowest BCUT2D eigenvalue weighted by molar-refractivity contribution is 0.768. The molecule has 0 amide bonds. The van der Waals surface area contributed by atoms with Gasteiger partial charge in [-0.2, -0.15) is 0 Å². The lowest BCUT2D eigenvalue weighted by atomic mass is 9.67. The molecule has 0 bridgehead atoms. The lowest BCUT2D eigenvalue weighted by Crippen LogP contribution is -2.28. The van der Waals surface area contributed by atoms with Gasteiger partial charge >= 0.3 is 0 Å². The molecule has 0 atom stereocenters. The van der Waals surface area contributed by atoms with Crippen LogP contribution in [0, 0.1) is 27.7 Å². The van der Waals surface area contributed by atoms with E-state index in [4.69, 9.17) is 9.97 Å². The van der Waals surface area contributed by atoms with Crippen LogP contribution in [0.4, 0.5) is 0 Å². The fraction of sp³-hybridized carbons (Fsp3) is 0.0811. The Kier molecular flexibility index (Phi) is 10.6. The number of hydrogen-bond donors (Lipinski definition) is 0. The van der Waals surface area contributed by atoms with Gasteiger partial charge in [-0.25, -0.2) is 9.97 Å². The summed E-state index contributed by atoms with van der Waals surface area (Å²) in [7, 11) is 0. The van der Waals surface area contributed by atoms with Crippen molar-refractivity contribution in [2.24, 2.45) is 0 Å². The highest BCUT2D eigenvalue weighted by molar-refractivity contribution is 6.04. The molecular weight excluding hydrogens is 917 g/mol. The highest BCUT2D eigenvalue weighted by Crippen LogP contribution is 2.59. The van der Waals surface area contributed by atoms with Gasteiger partial charge in [0.05, 0.1) is 33.3 Å². The van der Waals surface area contributed by atoms with Gasteiger partial charge in [0, 0.05) is 22.3 Å². The van der Waals surface area contributed by atoms with Crippen molar-refractivity contribution in [1.29, 1.82) is 0 Å². The van der Waals surface area contributed by atoms with Crippen LogP contribution in [-0.2, 0) is 10.8 Å². The summed E-state index contributed by atoms with van der Waals surface area (Å²) in [6.07, 6.45) is 0. The number of aryl methyl sites for hydroxylation is 4. The van der Waals surface area contributed by atoms with Gasteiger partial charge in [-0.3, -0.25) is 0 Å². The van der Waals surface area contributed by atoms with Crippen LogP contribution in [0.3, 0.4) is 0 Å². The minimum atomic E-state index is -0.566. The Labute approximate surface area is 445 Å². The van der Waals surface area contributed by atoms with Crippen LogP contribution in [0.25, 0.3) is 78.1 Å². The smallest absolute Gasteiger partial charge is 0.0979 e. The van der Waals surface area contributed by atoms with Crippen LogP contribution in [0.2, 0.25) is 0 Å². The molecule has 2 aliphatic rings. The van der Waals surface area contributed by atoms with Crippen LogP contribution < -0.4 is 0 Å². The van der Waals surface area contributed by atoms with E-state index in [-0.39, 0.29) is 0 Å². The predicted molar refractivity (Wildman–Crippen MR) is 315 cm³/mol. The Morgan fingerprint density at radius 1 is 0.237 bits per heavy atom. The Balaban J connectivity index is 1.05. The van der Waals surface area contributed by atoms with E-state index in [0.717, 1.165) is 55.8 Å². The van der Waals surface area contributed by atoms with Crippen molar-refractivity contribution in [3.05, 3.63) is 322 Å². The van der Waals surface area contributed by atoms with Crippen molar-refractivity contribution in [2.45, 2.75) is 38.5 Å². The van der Waals surface area contributed by atoms with Crippen LogP contribution in [0.15, 0.2) is 255 Å². The molecule has 0 radical (unpaired) electrons. The maximum Gasteiger partial charge on any atom is 0.0979 e. The summed E-state index contributed by atoms with van der Waals surface area (Å²) in [6.45, 7) is 8.69. The monoisotopic (exact) mass is 970 g/mol. The minimum absolute atomic E-state index is 0.566. The second-order valence-corrected chi connectivity index (χ2v) is 21.1. The quantitative estimate of drug-likeness (QED) is 0.152. The maximum atomic E-state index is 5.87. The maximum absolute atomic E-state index is 5.87. The third-order valence-corrected chi connectivity index (χ3v) is 16.6. The summed E-state index contributed by atoms with van der Waals surface area (Å²) in [4.78, 5) is 11.7. The molecule has 0 saturated heterocycles. The fourth-order valence-electron chi connectivity index (χ4n) is 12.9. The Morgan fingerprint density at radius 2 is 0.526 bits per heavy atom. The molecule has 76 heavy (non-hydrogen) atoms. The van der Waals surface area contributed by atoms with Crippen molar-refractivity contribution in [3.8, 4) is 67.0 Å². The summed E-state index contributed by atoms with van der Waals surface area (Å²) in [5, 5.41) is 0. The summed E-state index contributed by atoms with van der Waals surface area (Å²) in [5.41, 5.74) is 28.6. The normalized spacial score (nSPS) is 13.5. The molecule has 360 valence electrons. The zero-order valence-corrected chi connectivity index (χ0v) is 43.1. The zero-order chi connectivity index (χ0) is 51.1. The highest BCUT2D eigenvalue weighted by atomic mass is 14.8. The number of hydrogen-bond acceptors (Lipinski definition) is 2. The van der Waals surface area contributed by atoms with E-state index in [1.807, 2.05) is 0 Å². The molecule has 0 fully saturated rings. The number of fused-ring (bicyclic) bond motifs is 7. The van der Waals surface area contributed by atoms with Crippen LogP contribution in [0.5, 0.6) is 0 Å². The topological polar surface area (TPSA) is 25.8 Å². The molecular formula is C74H54N2. The van der Waals surface area contributed by atoms with Gasteiger partial charge in [0.2, 0.25) is 0 Å². The molecule has 14 rings (SSSR count). The molecule has 0 saturated carbocycles. The molecule has 11 aromatic carbocycles. The van der Waals surface area contributed by atoms with E-state index in [1.165, 1.54) is 89.0 Å². The molecule has 1 heterocycles. The van der Waals surface area contributed by atoms with Crippen molar-refractivity contribution in [2.75, 3.05) is 0 Å². The third kappa shape index (κ3) is 6.87. The lowest BCUT2D eigenvalue weighted by Gasteiger charge is -2.34. The first-order chi connectivity index (χ1) is 37.3. The Bertz CT molecular complexity index is 3840. The van der Waals surface area contributed by atoms with Gasteiger partial charge in [-0.05, 0) is 118 Å². The number of rotatable bonds is 8. The number of benzene rings is 11. The van der Waals surface area contributed by atoms with E-state index in [2.05, 4.69) is 282 Å². The molecule has 12 aromatic rings. The van der Waals surface area contributed by atoms with Gasteiger partial charge in [0.25, 0.3) is 0 Å². The molecule has 2 aliphatic carbocycles. The van der Waals surface area contributed by atoms with E-state index in [9.17, 15) is 0 Å². The first-order valence-corrected chi connectivity index (χ1v) is 26.5. The van der Waals surface area contributed by atoms with Gasteiger partial charge in [0.15, 0.2) is 0 Å².